The number of ether oxygens (including phenoxy) is 2. The summed E-state index contributed by atoms with van der Waals surface area (Å²) in [6.45, 7) is 5.47. The first-order valence-corrected chi connectivity index (χ1v) is 6.43. The van der Waals surface area contributed by atoms with Gasteiger partial charge >= 0.3 is 12.1 Å². The van der Waals surface area contributed by atoms with Crippen molar-refractivity contribution in [2.24, 2.45) is 0 Å². The van der Waals surface area contributed by atoms with Crippen molar-refractivity contribution in [3.05, 3.63) is 35.9 Å². The normalized spacial score (nSPS) is 12.4. The van der Waals surface area contributed by atoms with E-state index in [0.29, 0.717) is 0 Å². The quantitative estimate of drug-likeness (QED) is 0.860. The van der Waals surface area contributed by atoms with E-state index in [2.05, 4.69) is 5.32 Å². The van der Waals surface area contributed by atoms with Crippen molar-refractivity contribution in [3.8, 4) is 0 Å². The Morgan fingerprint density at radius 3 is 2.30 bits per heavy atom. The lowest BCUT2D eigenvalue weighted by Gasteiger charge is -2.21. The van der Waals surface area contributed by atoms with Gasteiger partial charge in [-0.05, 0) is 26.3 Å². The predicted molar refractivity (Wildman–Crippen MR) is 75.4 cm³/mol. The molecular formula is C15H21NO4. The summed E-state index contributed by atoms with van der Waals surface area (Å²) in [7, 11) is 1.33. The van der Waals surface area contributed by atoms with Crippen molar-refractivity contribution in [2.45, 2.75) is 32.3 Å². The van der Waals surface area contributed by atoms with Crippen LogP contribution in [0.2, 0.25) is 0 Å². The van der Waals surface area contributed by atoms with Gasteiger partial charge in [0.15, 0.2) is 0 Å². The fourth-order valence-corrected chi connectivity index (χ4v) is 1.66. The number of hydrogen-bond donors (Lipinski definition) is 1. The maximum atomic E-state index is 11.8. The SMILES string of the molecule is COC(=O)[C@@H](CNC(=O)OC(C)(C)C)c1ccccc1. The van der Waals surface area contributed by atoms with Crippen molar-refractivity contribution < 1.29 is 19.1 Å². The van der Waals surface area contributed by atoms with E-state index in [1.165, 1.54) is 7.11 Å². The molecule has 1 rings (SSSR count). The Morgan fingerprint density at radius 1 is 1.20 bits per heavy atom. The van der Waals surface area contributed by atoms with Crippen LogP contribution in [0.4, 0.5) is 4.79 Å². The number of nitrogens with one attached hydrogen (secondary N) is 1. The van der Waals surface area contributed by atoms with E-state index in [1.807, 2.05) is 30.3 Å². The van der Waals surface area contributed by atoms with Crippen LogP contribution in [0.3, 0.4) is 0 Å². The molecule has 0 aromatic heterocycles. The van der Waals surface area contributed by atoms with Gasteiger partial charge in [-0.2, -0.15) is 0 Å². The van der Waals surface area contributed by atoms with E-state index in [1.54, 1.807) is 20.8 Å². The van der Waals surface area contributed by atoms with Crippen molar-refractivity contribution in [3.63, 3.8) is 0 Å². The van der Waals surface area contributed by atoms with E-state index in [9.17, 15) is 9.59 Å². The molecular weight excluding hydrogens is 258 g/mol. The van der Waals surface area contributed by atoms with Crippen LogP contribution in [0.5, 0.6) is 0 Å². The van der Waals surface area contributed by atoms with Gasteiger partial charge in [0.25, 0.3) is 0 Å². The Hall–Kier alpha value is -2.04. The summed E-state index contributed by atoms with van der Waals surface area (Å²) in [6, 6.07) is 9.16. The third kappa shape index (κ3) is 5.30. The van der Waals surface area contributed by atoms with Crippen molar-refractivity contribution in [2.75, 3.05) is 13.7 Å². The summed E-state index contributed by atoms with van der Waals surface area (Å²) >= 11 is 0. The number of esters is 1. The first-order valence-electron chi connectivity index (χ1n) is 6.43. The first-order chi connectivity index (χ1) is 9.33. The molecule has 1 amide bonds. The molecule has 0 aliphatic carbocycles. The molecule has 0 radical (unpaired) electrons. The molecule has 0 saturated heterocycles. The summed E-state index contributed by atoms with van der Waals surface area (Å²) in [6.07, 6.45) is -0.553. The molecule has 0 fully saturated rings. The van der Waals surface area contributed by atoms with Crippen LogP contribution in [0.15, 0.2) is 30.3 Å². The van der Waals surface area contributed by atoms with Gasteiger partial charge in [-0.1, -0.05) is 30.3 Å². The summed E-state index contributed by atoms with van der Waals surface area (Å²) < 4.78 is 9.90. The zero-order chi connectivity index (χ0) is 15.2. The number of rotatable bonds is 4. The smallest absolute Gasteiger partial charge is 0.407 e. The number of alkyl carbamates (subject to hydrolysis) is 1. The number of hydrogen-bond acceptors (Lipinski definition) is 4. The second-order valence-electron chi connectivity index (χ2n) is 5.37. The van der Waals surface area contributed by atoms with Gasteiger partial charge in [-0.3, -0.25) is 4.79 Å². The average Bonchev–Trinajstić information content (AvgIpc) is 2.37. The fraction of sp³-hybridized carbons (Fsp3) is 0.467. The van der Waals surface area contributed by atoms with Gasteiger partial charge in [0, 0.05) is 6.54 Å². The van der Waals surface area contributed by atoms with Gasteiger partial charge in [0.2, 0.25) is 0 Å². The van der Waals surface area contributed by atoms with Gasteiger partial charge in [-0.25, -0.2) is 4.79 Å². The molecule has 0 aliphatic rings. The Bertz CT molecular complexity index is 451. The Kier molecular flexibility index (Phi) is 5.55. The molecule has 1 atom stereocenters. The van der Waals surface area contributed by atoms with Crippen LogP contribution < -0.4 is 5.32 Å². The van der Waals surface area contributed by atoms with E-state index < -0.39 is 23.6 Å². The second kappa shape index (κ2) is 6.93. The zero-order valence-electron chi connectivity index (χ0n) is 12.3. The monoisotopic (exact) mass is 279 g/mol. The van der Waals surface area contributed by atoms with Gasteiger partial charge in [0.1, 0.15) is 5.60 Å². The molecule has 0 bridgehead atoms. The highest BCUT2D eigenvalue weighted by Gasteiger charge is 2.23. The maximum Gasteiger partial charge on any atom is 0.407 e. The maximum absolute atomic E-state index is 11.8. The molecule has 1 aromatic carbocycles. The molecule has 0 spiro atoms. The molecule has 1 aromatic rings. The zero-order valence-corrected chi connectivity index (χ0v) is 12.3. The third-order valence-electron chi connectivity index (χ3n) is 2.54. The van der Waals surface area contributed by atoms with Crippen molar-refractivity contribution in [1.82, 2.24) is 5.32 Å². The fourth-order valence-electron chi connectivity index (χ4n) is 1.66. The molecule has 20 heavy (non-hydrogen) atoms. The molecule has 110 valence electrons. The van der Waals surface area contributed by atoms with E-state index >= 15 is 0 Å². The highest BCUT2D eigenvalue weighted by Crippen LogP contribution is 2.16. The molecule has 1 N–H and O–H groups in total. The molecule has 0 unspecified atom stereocenters. The van der Waals surface area contributed by atoms with Gasteiger partial charge in [-0.15, -0.1) is 0 Å². The standard InChI is InChI=1S/C15H21NO4/c1-15(2,3)20-14(18)16-10-12(13(17)19-4)11-8-6-5-7-9-11/h5-9,12H,10H2,1-4H3,(H,16,18)/t12-/m0/s1. The number of benzene rings is 1. The number of carbonyl (C=O) groups is 2. The minimum Gasteiger partial charge on any atom is -0.468 e. The molecule has 5 heteroatoms. The van der Waals surface area contributed by atoms with Crippen molar-refractivity contribution >= 4 is 12.1 Å². The lowest BCUT2D eigenvalue weighted by atomic mass is 9.99. The topological polar surface area (TPSA) is 64.6 Å². The van der Waals surface area contributed by atoms with Crippen LogP contribution in [-0.4, -0.2) is 31.3 Å². The van der Waals surface area contributed by atoms with Crippen LogP contribution in [0, 0.1) is 0 Å². The third-order valence-corrected chi connectivity index (χ3v) is 2.54. The summed E-state index contributed by atoms with van der Waals surface area (Å²) in [4.78, 5) is 23.4. The number of carbonyl (C=O) groups excluding carboxylic acids is 2. The first kappa shape index (κ1) is 16.0. The Balaban J connectivity index is 2.68. The minimum absolute atomic E-state index is 0.131. The molecule has 0 aliphatic heterocycles. The van der Waals surface area contributed by atoms with E-state index in [-0.39, 0.29) is 6.54 Å². The lowest BCUT2D eigenvalue weighted by molar-refractivity contribution is -0.142. The van der Waals surface area contributed by atoms with Crippen LogP contribution in [0.1, 0.15) is 32.3 Å². The largest absolute Gasteiger partial charge is 0.468 e. The van der Waals surface area contributed by atoms with Crippen LogP contribution >= 0.6 is 0 Å². The predicted octanol–water partition coefficient (Wildman–Crippen LogP) is 2.47. The number of amides is 1. The van der Waals surface area contributed by atoms with E-state index in [0.717, 1.165) is 5.56 Å². The molecule has 0 saturated carbocycles. The average molecular weight is 279 g/mol. The summed E-state index contributed by atoms with van der Waals surface area (Å²) in [5, 5.41) is 2.59. The minimum atomic E-state index is -0.572. The van der Waals surface area contributed by atoms with Crippen molar-refractivity contribution in [1.29, 1.82) is 0 Å². The Morgan fingerprint density at radius 2 is 1.80 bits per heavy atom. The summed E-state index contributed by atoms with van der Waals surface area (Å²) in [5.41, 5.74) is 0.216. The van der Waals surface area contributed by atoms with E-state index in [4.69, 9.17) is 9.47 Å². The number of methoxy groups -OCH3 is 1. The van der Waals surface area contributed by atoms with Gasteiger partial charge < -0.3 is 14.8 Å². The Labute approximate surface area is 119 Å². The summed E-state index contributed by atoms with van der Waals surface area (Å²) in [5.74, 6) is -0.944. The van der Waals surface area contributed by atoms with Crippen LogP contribution in [0.25, 0.3) is 0 Å². The van der Waals surface area contributed by atoms with Crippen LogP contribution in [-0.2, 0) is 14.3 Å². The van der Waals surface area contributed by atoms with Gasteiger partial charge in [0.05, 0.1) is 13.0 Å². The highest BCUT2D eigenvalue weighted by molar-refractivity contribution is 5.79. The molecule has 5 nitrogen and oxygen atoms in total. The second-order valence-corrected chi connectivity index (χ2v) is 5.37. The highest BCUT2D eigenvalue weighted by atomic mass is 16.6. The lowest BCUT2D eigenvalue weighted by Crippen LogP contribution is -2.36. The molecule has 0 heterocycles.